The summed E-state index contributed by atoms with van der Waals surface area (Å²) >= 11 is 0. The molecule has 118 valence electrons. The first-order chi connectivity index (χ1) is 10.7. The van der Waals surface area contributed by atoms with Crippen LogP contribution in [0.15, 0.2) is 30.3 Å². The molecule has 22 heavy (non-hydrogen) atoms. The second-order valence-electron chi connectivity index (χ2n) is 6.20. The molecule has 0 spiro atoms. The molecule has 4 heteroatoms. The molecule has 0 aliphatic carbocycles. The summed E-state index contributed by atoms with van der Waals surface area (Å²) in [4.78, 5) is 7.07. The number of para-hydroxylation sites is 1. The Morgan fingerprint density at radius 3 is 3.00 bits per heavy atom. The van der Waals surface area contributed by atoms with E-state index in [1.54, 1.807) is 7.11 Å². The number of methoxy groups -OCH3 is 1. The highest BCUT2D eigenvalue weighted by Crippen LogP contribution is 2.28. The van der Waals surface area contributed by atoms with Gasteiger partial charge in [-0.05, 0) is 44.9 Å². The summed E-state index contributed by atoms with van der Waals surface area (Å²) in [5, 5.41) is 10.8. The Labute approximate surface area is 131 Å². The summed E-state index contributed by atoms with van der Waals surface area (Å²) in [5.74, 6) is 0.710. The third-order valence-electron chi connectivity index (χ3n) is 4.44. The van der Waals surface area contributed by atoms with Crippen molar-refractivity contribution in [3.63, 3.8) is 0 Å². The van der Waals surface area contributed by atoms with Gasteiger partial charge in [-0.25, -0.2) is 4.98 Å². The zero-order valence-electron chi connectivity index (χ0n) is 13.3. The molecule has 1 N–H and O–H groups in total. The third kappa shape index (κ3) is 3.23. The molecule has 1 aromatic heterocycles. The van der Waals surface area contributed by atoms with Crippen molar-refractivity contribution in [2.45, 2.75) is 44.9 Å². The first-order valence-electron chi connectivity index (χ1n) is 8.02. The number of aliphatic hydroxyl groups is 1. The Hall–Kier alpha value is -1.65. The molecule has 1 aliphatic heterocycles. The molecular formula is C18H24N2O2. The Balaban J connectivity index is 1.86. The van der Waals surface area contributed by atoms with Crippen LogP contribution in [-0.2, 0) is 6.54 Å². The summed E-state index contributed by atoms with van der Waals surface area (Å²) in [5.41, 5.74) is 2.09. The Morgan fingerprint density at radius 2 is 2.23 bits per heavy atom. The van der Waals surface area contributed by atoms with Gasteiger partial charge in [-0.3, -0.25) is 4.90 Å². The third-order valence-corrected chi connectivity index (χ3v) is 4.44. The summed E-state index contributed by atoms with van der Waals surface area (Å²) in [7, 11) is 1.68. The summed E-state index contributed by atoms with van der Waals surface area (Å²) < 4.78 is 5.49. The molecule has 1 aromatic carbocycles. The van der Waals surface area contributed by atoms with Crippen LogP contribution in [0.2, 0.25) is 0 Å². The van der Waals surface area contributed by atoms with E-state index in [4.69, 9.17) is 4.74 Å². The van der Waals surface area contributed by atoms with E-state index in [2.05, 4.69) is 22.0 Å². The average Bonchev–Trinajstić information content (AvgIpc) is 2.93. The van der Waals surface area contributed by atoms with E-state index >= 15 is 0 Å². The maximum atomic E-state index is 9.68. The second kappa shape index (κ2) is 6.63. The van der Waals surface area contributed by atoms with Crippen LogP contribution in [0.25, 0.3) is 10.9 Å². The molecule has 2 atom stereocenters. The van der Waals surface area contributed by atoms with Gasteiger partial charge in [0.15, 0.2) is 0 Å². The zero-order chi connectivity index (χ0) is 15.5. The molecule has 1 aliphatic rings. The normalized spacial score (nSPS) is 20.4. The van der Waals surface area contributed by atoms with Gasteiger partial charge in [-0.15, -0.1) is 0 Å². The second-order valence-corrected chi connectivity index (χ2v) is 6.20. The number of hydrogen-bond acceptors (Lipinski definition) is 4. The summed E-state index contributed by atoms with van der Waals surface area (Å²) in [6.45, 7) is 3.78. The Bertz CT molecular complexity index is 642. The van der Waals surface area contributed by atoms with Crippen molar-refractivity contribution in [3.05, 3.63) is 35.9 Å². The van der Waals surface area contributed by atoms with Crippen LogP contribution in [-0.4, -0.2) is 40.8 Å². The highest BCUT2D eigenvalue weighted by molar-refractivity contribution is 5.80. The summed E-state index contributed by atoms with van der Waals surface area (Å²) in [6.07, 6.45) is 2.94. The van der Waals surface area contributed by atoms with Crippen LogP contribution in [0.1, 0.15) is 31.7 Å². The number of benzene rings is 1. The monoisotopic (exact) mass is 300 g/mol. The van der Waals surface area contributed by atoms with Crippen molar-refractivity contribution in [1.29, 1.82) is 0 Å². The van der Waals surface area contributed by atoms with E-state index in [9.17, 15) is 5.11 Å². The Morgan fingerprint density at radius 1 is 1.41 bits per heavy atom. The number of aromatic nitrogens is 1. The largest absolute Gasteiger partial charge is 0.481 e. The van der Waals surface area contributed by atoms with Crippen LogP contribution in [0, 0.1) is 0 Å². The zero-order valence-corrected chi connectivity index (χ0v) is 13.3. The lowest BCUT2D eigenvalue weighted by Crippen LogP contribution is -2.31. The van der Waals surface area contributed by atoms with Crippen molar-refractivity contribution < 1.29 is 9.84 Å². The van der Waals surface area contributed by atoms with Gasteiger partial charge in [0.2, 0.25) is 5.88 Å². The molecule has 1 fully saturated rings. The van der Waals surface area contributed by atoms with Crippen molar-refractivity contribution in [2.24, 2.45) is 0 Å². The van der Waals surface area contributed by atoms with Gasteiger partial charge in [-0.2, -0.15) is 0 Å². The van der Waals surface area contributed by atoms with Gasteiger partial charge in [0, 0.05) is 23.5 Å². The fourth-order valence-electron chi connectivity index (χ4n) is 3.41. The predicted octanol–water partition coefficient (Wildman–Crippen LogP) is 2.98. The molecule has 2 unspecified atom stereocenters. The van der Waals surface area contributed by atoms with Crippen LogP contribution < -0.4 is 4.74 Å². The maximum absolute atomic E-state index is 9.68. The summed E-state index contributed by atoms with van der Waals surface area (Å²) in [6, 6.07) is 10.8. The molecule has 0 bridgehead atoms. The van der Waals surface area contributed by atoms with E-state index in [1.165, 1.54) is 6.42 Å². The number of nitrogens with zero attached hydrogens (tertiary/aromatic N) is 2. The minimum atomic E-state index is -0.248. The highest BCUT2D eigenvalue weighted by Gasteiger charge is 2.26. The minimum absolute atomic E-state index is 0.248. The lowest BCUT2D eigenvalue weighted by molar-refractivity contribution is 0.130. The van der Waals surface area contributed by atoms with Gasteiger partial charge < -0.3 is 9.84 Å². The first-order valence-corrected chi connectivity index (χ1v) is 8.02. The van der Waals surface area contributed by atoms with E-state index < -0.39 is 0 Å². The van der Waals surface area contributed by atoms with Crippen molar-refractivity contribution >= 4 is 10.9 Å². The molecule has 2 heterocycles. The molecular weight excluding hydrogens is 276 g/mol. The lowest BCUT2D eigenvalue weighted by atomic mass is 10.1. The minimum Gasteiger partial charge on any atom is -0.481 e. The van der Waals surface area contributed by atoms with Gasteiger partial charge in [-0.1, -0.05) is 18.2 Å². The number of aliphatic hydroxyl groups excluding tert-OH is 1. The molecule has 1 saturated heterocycles. The van der Waals surface area contributed by atoms with Gasteiger partial charge in [0.1, 0.15) is 0 Å². The van der Waals surface area contributed by atoms with Crippen LogP contribution in [0.4, 0.5) is 0 Å². The van der Waals surface area contributed by atoms with Crippen LogP contribution in [0.3, 0.4) is 0 Å². The first kappa shape index (κ1) is 15.3. The van der Waals surface area contributed by atoms with Crippen molar-refractivity contribution in [3.8, 4) is 5.88 Å². The molecule has 3 rings (SSSR count). The van der Waals surface area contributed by atoms with E-state index in [0.29, 0.717) is 11.9 Å². The lowest BCUT2D eigenvalue weighted by Gasteiger charge is -2.26. The average molecular weight is 300 g/mol. The molecule has 0 amide bonds. The number of rotatable bonds is 5. The number of pyridine rings is 1. The standard InChI is InChI=1S/C18H24N2O2/c1-13(21)10-16-7-5-9-20(16)12-15-11-14-6-3-4-8-17(14)19-18(15)22-2/h3-4,6,8,11,13,16,21H,5,7,9-10,12H2,1-2H3. The fraction of sp³-hybridized carbons (Fsp3) is 0.500. The van der Waals surface area contributed by atoms with Gasteiger partial charge >= 0.3 is 0 Å². The molecule has 4 nitrogen and oxygen atoms in total. The SMILES string of the molecule is COc1nc2ccccc2cc1CN1CCCC1CC(C)O. The Kier molecular flexibility index (Phi) is 4.60. The van der Waals surface area contributed by atoms with Crippen molar-refractivity contribution in [2.75, 3.05) is 13.7 Å². The molecule has 0 saturated carbocycles. The number of likely N-dealkylation sites (tertiary alicyclic amines) is 1. The van der Waals surface area contributed by atoms with Gasteiger partial charge in [0.25, 0.3) is 0 Å². The van der Waals surface area contributed by atoms with Crippen LogP contribution in [0.5, 0.6) is 5.88 Å². The quantitative estimate of drug-likeness (QED) is 0.922. The van der Waals surface area contributed by atoms with E-state index in [1.807, 2.05) is 25.1 Å². The topological polar surface area (TPSA) is 45.6 Å². The fourth-order valence-corrected chi connectivity index (χ4v) is 3.41. The van der Waals surface area contributed by atoms with E-state index in [0.717, 1.165) is 42.4 Å². The van der Waals surface area contributed by atoms with Crippen LogP contribution >= 0.6 is 0 Å². The van der Waals surface area contributed by atoms with Gasteiger partial charge in [0.05, 0.1) is 18.7 Å². The molecule has 0 radical (unpaired) electrons. The highest BCUT2D eigenvalue weighted by atomic mass is 16.5. The number of hydrogen-bond donors (Lipinski definition) is 1. The smallest absolute Gasteiger partial charge is 0.218 e. The van der Waals surface area contributed by atoms with Crippen molar-refractivity contribution in [1.82, 2.24) is 9.88 Å². The van der Waals surface area contributed by atoms with E-state index in [-0.39, 0.29) is 6.10 Å². The maximum Gasteiger partial charge on any atom is 0.218 e. The number of ether oxygens (including phenoxy) is 1. The predicted molar refractivity (Wildman–Crippen MR) is 88.0 cm³/mol. The molecule has 2 aromatic rings. The number of fused-ring (bicyclic) bond motifs is 1.